The molecule has 4 aromatic rings. The van der Waals surface area contributed by atoms with Crippen LogP contribution in [0.1, 0.15) is 52.4 Å². The van der Waals surface area contributed by atoms with Crippen molar-refractivity contribution in [2.24, 2.45) is 0 Å². The lowest BCUT2D eigenvalue weighted by Gasteiger charge is -2.23. The van der Waals surface area contributed by atoms with Crippen molar-refractivity contribution in [1.29, 1.82) is 0 Å². The third-order valence-corrected chi connectivity index (χ3v) is 7.10. The Balaban J connectivity index is 1.36. The number of amides is 1. The Labute approximate surface area is 253 Å². The maximum absolute atomic E-state index is 13.1. The van der Waals surface area contributed by atoms with E-state index in [0.29, 0.717) is 48.7 Å². The third kappa shape index (κ3) is 9.04. The molecule has 0 radical (unpaired) electrons. The number of nitrogens with one attached hydrogen (secondary N) is 1. The van der Waals surface area contributed by atoms with Gasteiger partial charge in [0.15, 0.2) is 5.78 Å². The summed E-state index contributed by atoms with van der Waals surface area (Å²) in [6, 6.07) is 30.3. The molecule has 43 heavy (non-hydrogen) atoms. The molecule has 0 spiro atoms. The van der Waals surface area contributed by atoms with Crippen molar-refractivity contribution in [3.8, 4) is 5.75 Å². The van der Waals surface area contributed by atoms with Crippen molar-refractivity contribution in [2.75, 3.05) is 18.5 Å². The maximum Gasteiger partial charge on any atom is 0.326 e. The molecule has 0 aliphatic heterocycles. The molecule has 1 amide bonds. The molecule has 4 rings (SSSR count). The average molecular weight is 579 g/mol. The van der Waals surface area contributed by atoms with Gasteiger partial charge in [-0.15, -0.1) is 0 Å². The summed E-state index contributed by atoms with van der Waals surface area (Å²) in [7, 11) is 0. The van der Waals surface area contributed by atoms with Gasteiger partial charge in [0.1, 0.15) is 18.4 Å². The summed E-state index contributed by atoms with van der Waals surface area (Å²) in [5.74, 6) is -0.459. The minimum absolute atomic E-state index is 0.0993. The summed E-state index contributed by atoms with van der Waals surface area (Å²) >= 11 is 0. The maximum atomic E-state index is 13.1. The van der Waals surface area contributed by atoms with E-state index in [1.807, 2.05) is 55.1 Å². The van der Waals surface area contributed by atoms with E-state index in [2.05, 4.69) is 11.4 Å². The first-order valence-electron chi connectivity index (χ1n) is 14.6. The number of hydrogen-bond donors (Lipinski definition) is 2. The van der Waals surface area contributed by atoms with E-state index in [4.69, 9.17) is 4.74 Å². The van der Waals surface area contributed by atoms with Gasteiger partial charge in [0, 0.05) is 36.2 Å². The zero-order chi connectivity index (χ0) is 30.6. The lowest BCUT2D eigenvalue weighted by molar-refractivity contribution is -0.138. The number of carbonyl (C=O) groups is 3. The average Bonchev–Trinajstić information content (AvgIpc) is 3.01. The number of carbonyl (C=O) groups excluding carboxylic acids is 2. The van der Waals surface area contributed by atoms with Crippen LogP contribution in [-0.2, 0) is 22.6 Å². The second kappa shape index (κ2) is 15.4. The molecule has 7 heteroatoms. The van der Waals surface area contributed by atoms with Crippen LogP contribution in [0.4, 0.5) is 5.69 Å². The normalized spacial score (nSPS) is 11.4. The van der Waals surface area contributed by atoms with E-state index < -0.39 is 12.0 Å². The first-order chi connectivity index (χ1) is 20.8. The second-order valence-corrected chi connectivity index (χ2v) is 10.5. The Hall–Kier alpha value is -4.91. The van der Waals surface area contributed by atoms with Crippen molar-refractivity contribution in [3.05, 3.63) is 131 Å². The number of ketones is 1. The van der Waals surface area contributed by atoms with Gasteiger partial charge < -0.3 is 20.1 Å². The highest BCUT2D eigenvalue weighted by Crippen LogP contribution is 2.22. The number of hydrogen-bond acceptors (Lipinski definition) is 5. The van der Waals surface area contributed by atoms with Gasteiger partial charge in [0.05, 0.1) is 6.54 Å². The number of rotatable bonds is 15. The number of para-hydroxylation sites is 1. The second-order valence-electron chi connectivity index (χ2n) is 10.5. The van der Waals surface area contributed by atoms with E-state index in [1.54, 1.807) is 60.7 Å². The largest absolute Gasteiger partial charge is 0.492 e. The molecule has 1 atom stereocenters. The van der Waals surface area contributed by atoms with Gasteiger partial charge in [0.2, 0.25) is 5.91 Å². The van der Waals surface area contributed by atoms with Crippen LogP contribution in [0.25, 0.3) is 0 Å². The van der Waals surface area contributed by atoms with Crippen LogP contribution in [0.5, 0.6) is 5.75 Å². The van der Waals surface area contributed by atoms with Gasteiger partial charge in [-0.1, -0.05) is 91.3 Å². The van der Waals surface area contributed by atoms with Gasteiger partial charge in [-0.2, -0.15) is 0 Å². The highest BCUT2D eigenvalue weighted by atomic mass is 16.5. The Kier molecular flexibility index (Phi) is 11.1. The summed E-state index contributed by atoms with van der Waals surface area (Å²) in [6.07, 6.45) is 1.48. The van der Waals surface area contributed by atoms with Crippen LogP contribution in [-0.4, -0.2) is 46.9 Å². The molecule has 0 aromatic heterocycles. The minimum Gasteiger partial charge on any atom is -0.492 e. The van der Waals surface area contributed by atoms with E-state index in [9.17, 15) is 19.5 Å². The number of nitrogens with zero attached hydrogens (tertiary/aromatic N) is 1. The number of ether oxygens (including phenoxy) is 1. The van der Waals surface area contributed by atoms with E-state index >= 15 is 0 Å². The summed E-state index contributed by atoms with van der Waals surface area (Å²) in [4.78, 5) is 39.8. The predicted octanol–water partition coefficient (Wildman–Crippen LogP) is 6.54. The van der Waals surface area contributed by atoms with Crippen LogP contribution in [0.15, 0.2) is 103 Å². The molecule has 4 aromatic carbocycles. The number of carboxylic acids is 1. The van der Waals surface area contributed by atoms with E-state index in [0.717, 1.165) is 23.1 Å². The molecule has 0 aliphatic carbocycles. The lowest BCUT2D eigenvalue weighted by atomic mass is 10.00. The summed E-state index contributed by atoms with van der Waals surface area (Å²) in [6.45, 7) is 5.36. The Bertz CT molecular complexity index is 1520. The number of aliphatic carboxylic acids is 1. The topological polar surface area (TPSA) is 95.9 Å². The standard InChI is InChI=1S/C36H38N2O5/c1-3-10-34(39)38(25-28-12-9-11-26(2)23-28)21-22-43-30-19-17-27(18-20-30)24-33(36(41)42)37-32-16-8-7-15-31(32)35(40)29-13-5-4-6-14-29/h4-9,11-20,23,33,37H,3,10,21-22,24-25H2,1-2H3,(H,41,42)/t33-/m0/s1. The van der Waals surface area contributed by atoms with E-state index in [1.165, 1.54) is 0 Å². The van der Waals surface area contributed by atoms with Gasteiger partial charge >= 0.3 is 5.97 Å². The fourth-order valence-corrected chi connectivity index (χ4v) is 4.87. The number of anilines is 1. The highest BCUT2D eigenvalue weighted by Gasteiger charge is 2.21. The smallest absolute Gasteiger partial charge is 0.326 e. The molecule has 7 nitrogen and oxygen atoms in total. The van der Waals surface area contributed by atoms with Gasteiger partial charge in [-0.3, -0.25) is 9.59 Å². The fourth-order valence-electron chi connectivity index (χ4n) is 4.87. The molecule has 222 valence electrons. The van der Waals surface area contributed by atoms with Crippen molar-refractivity contribution in [3.63, 3.8) is 0 Å². The molecule has 0 saturated carbocycles. The first kappa shape index (κ1) is 31.0. The SMILES string of the molecule is CCCC(=O)N(CCOc1ccc(C[C@H](Nc2ccccc2C(=O)c2ccccc2)C(=O)O)cc1)Cc1cccc(C)c1. The van der Waals surface area contributed by atoms with Gasteiger partial charge in [0.25, 0.3) is 0 Å². The molecule has 0 saturated heterocycles. The molecule has 2 N–H and O–H groups in total. The predicted molar refractivity (Wildman–Crippen MR) is 169 cm³/mol. The van der Waals surface area contributed by atoms with Gasteiger partial charge in [-0.05, 0) is 48.7 Å². The molecule has 0 unspecified atom stereocenters. The highest BCUT2D eigenvalue weighted by molar-refractivity contribution is 6.12. The third-order valence-electron chi connectivity index (χ3n) is 7.10. The molecular formula is C36H38N2O5. The van der Waals surface area contributed by atoms with E-state index in [-0.39, 0.29) is 18.1 Å². The monoisotopic (exact) mass is 578 g/mol. The molecule has 0 heterocycles. The van der Waals surface area contributed by atoms with Crippen LogP contribution in [0, 0.1) is 6.92 Å². The minimum atomic E-state index is -1.02. The van der Waals surface area contributed by atoms with Crippen LogP contribution >= 0.6 is 0 Å². The van der Waals surface area contributed by atoms with Crippen molar-refractivity contribution in [2.45, 2.75) is 45.7 Å². The summed E-state index contributed by atoms with van der Waals surface area (Å²) in [5, 5.41) is 13.0. The number of aryl methyl sites for hydroxylation is 1. The zero-order valence-electron chi connectivity index (χ0n) is 24.7. The lowest BCUT2D eigenvalue weighted by Crippen LogP contribution is -2.34. The van der Waals surface area contributed by atoms with Crippen LogP contribution in [0.3, 0.4) is 0 Å². The summed E-state index contributed by atoms with van der Waals surface area (Å²) < 4.78 is 5.95. The Morgan fingerprint density at radius 3 is 2.28 bits per heavy atom. The molecule has 0 fully saturated rings. The quantitative estimate of drug-likeness (QED) is 0.156. The van der Waals surface area contributed by atoms with Crippen LogP contribution in [0.2, 0.25) is 0 Å². The van der Waals surface area contributed by atoms with Crippen molar-refractivity contribution >= 4 is 23.3 Å². The Morgan fingerprint density at radius 2 is 1.58 bits per heavy atom. The Morgan fingerprint density at radius 1 is 0.860 bits per heavy atom. The number of carboxylic acid groups (broad SMARTS) is 1. The first-order valence-corrected chi connectivity index (χ1v) is 14.6. The van der Waals surface area contributed by atoms with Crippen molar-refractivity contribution in [1.82, 2.24) is 4.90 Å². The van der Waals surface area contributed by atoms with Gasteiger partial charge in [-0.25, -0.2) is 4.79 Å². The fraction of sp³-hybridized carbons (Fsp3) is 0.250. The van der Waals surface area contributed by atoms with Crippen LogP contribution < -0.4 is 10.1 Å². The summed E-state index contributed by atoms with van der Waals surface area (Å²) in [5.41, 5.74) is 4.46. The molecule has 0 aliphatic rings. The zero-order valence-corrected chi connectivity index (χ0v) is 24.7. The molecule has 0 bridgehead atoms. The van der Waals surface area contributed by atoms with Crippen molar-refractivity contribution < 1.29 is 24.2 Å². The molecular weight excluding hydrogens is 540 g/mol. The number of benzene rings is 4.